The second-order valence-electron chi connectivity index (χ2n) is 4.87. The van der Waals surface area contributed by atoms with Crippen molar-refractivity contribution in [3.8, 4) is 0 Å². The molecule has 5 heteroatoms. The van der Waals surface area contributed by atoms with Crippen molar-refractivity contribution >= 4 is 5.82 Å². The summed E-state index contributed by atoms with van der Waals surface area (Å²) in [4.78, 5) is 0. The van der Waals surface area contributed by atoms with Gasteiger partial charge in [0, 0.05) is 25.7 Å². The van der Waals surface area contributed by atoms with Crippen LogP contribution in [0.1, 0.15) is 37.3 Å². The summed E-state index contributed by atoms with van der Waals surface area (Å²) < 4.78 is 7.39. The number of nitrogens with zero attached hydrogens (tertiary/aromatic N) is 3. The predicted octanol–water partition coefficient (Wildman–Crippen LogP) is 1.16. The molecule has 88 valence electrons. The summed E-state index contributed by atoms with van der Waals surface area (Å²) in [6.45, 7) is 2.72. The first kappa shape index (κ1) is 10.1. The van der Waals surface area contributed by atoms with Crippen LogP contribution in [0.4, 0.5) is 5.82 Å². The first-order chi connectivity index (χ1) is 7.84. The third-order valence-electron chi connectivity index (χ3n) is 3.54. The average Bonchev–Trinajstić information content (AvgIpc) is 3.07. The monoisotopic (exact) mass is 222 g/mol. The van der Waals surface area contributed by atoms with E-state index in [4.69, 9.17) is 10.5 Å². The van der Waals surface area contributed by atoms with Crippen LogP contribution >= 0.6 is 0 Å². The molecule has 1 aromatic rings. The minimum absolute atomic E-state index is 0.620. The minimum atomic E-state index is 0.620. The zero-order valence-electron chi connectivity index (χ0n) is 9.43. The lowest BCUT2D eigenvalue weighted by Gasteiger charge is -2.22. The molecule has 1 aromatic heterocycles. The van der Waals surface area contributed by atoms with Gasteiger partial charge in [-0.1, -0.05) is 5.21 Å². The highest BCUT2D eigenvalue weighted by Gasteiger charge is 2.31. The van der Waals surface area contributed by atoms with Crippen LogP contribution < -0.4 is 5.73 Å². The van der Waals surface area contributed by atoms with Gasteiger partial charge in [0.1, 0.15) is 0 Å². The molecule has 5 nitrogen and oxygen atoms in total. The van der Waals surface area contributed by atoms with E-state index in [1.807, 2.05) is 4.68 Å². The van der Waals surface area contributed by atoms with Crippen molar-refractivity contribution in [3.05, 3.63) is 5.69 Å². The lowest BCUT2D eigenvalue weighted by atomic mass is 10.0. The van der Waals surface area contributed by atoms with E-state index in [0.29, 0.717) is 17.7 Å². The molecule has 0 spiro atoms. The molecule has 2 aliphatic rings. The number of hydrogen-bond donors (Lipinski definition) is 1. The van der Waals surface area contributed by atoms with Crippen LogP contribution in [0.5, 0.6) is 0 Å². The van der Waals surface area contributed by atoms with Gasteiger partial charge in [0.2, 0.25) is 0 Å². The molecule has 1 saturated carbocycles. The van der Waals surface area contributed by atoms with E-state index in [1.54, 1.807) is 0 Å². The van der Waals surface area contributed by atoms with Gasteiger partial charge in [0.15, 0.2) is 5.82 Å². The smallest absolute Gasteiger partial charge is 0.169 e. The average molecular weight is 222 g/mol. The molecule has 0 atom stereocenters. The van der Waals surface area contributed by atoms with E-state index in [1.165, 1.54) is 18.5 Å². The molecule has 1 saturated heterocycles. The summed E-state index contributed by atoms with van der Waals surface area (Å²) in [7, 11) is 0. The molecule has 0 radical (unpaired) electrons. The Balaban J connectivity index is 1.73. The van der Waals surface area contributed by atoms with Gasteiger partial charge in [-0.25, -0.2) is 4.68 Å². The van der Waals surface area contributed by atoms with Crippen LogP contribution in [0.2, 0.25) is 0 Å². The maximum atomic E-state index is 5.87. The normalized spacial score (nSPS) is 22.5. The topological polar surface area (TPSA) is 66.0 Å². The van der Waals surface area contributed by atoms with Gasteiger partial charge in [-0.05, 0) is 31.6 Å². The SMILES string of the molecule is Nc1nnn(CC2CCOCC2)c1C1CC1. The number of anilines is 1. The van der Waals surface area contributed by atoms with Crippen molar-refractivity contribution in [2.24, 2.45) is 5.92 Å². The number of nitrogens with two attached hydrogens (primary N) is 1. The van der Waals surface area contributed by atoms with Crippen molar-refractivity contribution in [2.45, 2.75) is 38.1 Å². The van der Waals surface area contributed by atoms with Crippen molar-refractivity contribution in [3.63, 3.8) is 0 Å². The summed E-state index contributed by atoms with van der Waals surface area (Å²) in [5.41, 5.74) is 7.04. The third kappa shape index (κ3) is 1.91. The Bertz CT molecular complexity index is 366. The molecule has 3 rings (SSSR count). The highest BCUT2D eigenvalue weighted by atomic mass is 16.5. The Morgan fingerprint density at radius 2 is 2.00 bits per heavy atom. The Labute approximate surface area is 95.0 Å². The van der Waals surface area contributed by atoms with E-state index >= 15 is 0 Å². The summed E-state index contributed by atoms with van der Waals surface area (Å²) in [6.07, 6.45) is 4.74. The quantitative estimate of drug-likeness (QED) is 0.833. The molecule has 0 aromatic carbocycles. The Morgan fingerprint density at radius 1 is 1.25 bits per heavy atom. The molecule has 1 aliphatic heterocycles. The minimum Gasteiger partial charge on any atom is -0.381 e. The lowest BCUT2D eigenvalue weighted by Crippen LogP contribution is -2.22. The van der Waals surface area contributed by atoms with Crippen LogP contribution in [-0.4, -0.2) is 28.2 Å². The number of rotatable bonds is 3. The van der Waals surface area contributed by atoms with E-state index in [9.17, 15) is 0 Å². The number of ether oxygens (including phenoxy) is 1. The second-order valence-corrected chi connectivity index (χ2v) is 4.87. The number of nitrogen functional groups attached to an aromatic ring is 1. The molecule has 2 fully saturated rings. The van der Waals surface area contributed by atoms with Gasteiger partial charge >= 0.3 is 0 Å². The summed E-state index contributed by atoms with van der Waals surface area (Å²) in [5.74, 6) is 1.93. The molecule has 2 N–H and O–H groups in total. The first-order valence-electron chi connectivity index (χ1n) is 6.11. The highest BCUT2D eigenvalue weighted by molar-refractivity contribution is 5.38. The Hall–Kier alpha value is -1.10. The fraction of sp³-hybridized carbons (Fsp3) is 0.818. The number of aromatic nitrogens is 3. The molecule has 0 bridgehead atoms. The van der Waals surface area contributed by atoms with Gasteiger partial charge in [0.25, 0.3) is 0 Å². The molecule has 0 unspecified atom stereocenters. The van der Waals surface area contributed by atoms with Crippen LogP contribution in [0.25, 0.3) is 0 Å². The molecular weight excluding hydrogens is 204 g/mol. The maximum absolute atomic E-state index is 5.87. The third-order valence-corrected chi connectivity index (χ3v) is 3.54. The Kier molecular flexibility index (Phi) is 2.55. The molecule has 0 amide bonds. The highest BCUT2D eigenvalue weighted by Crippen LogP contribution is 2.42. The van der Waals surface area contributed by atoms with E-state index in [-0.39, 0.29) is 0 Å². The van der Waals surface area contributed by atoms with Crippen LogP contribution in [0, 0.1) is 5.92 Å². The zero-order chi connectivity index (χ0) is 11.0. The predicted molar refractivity (Wildman–Crippen MR) is 60.0 cm³/mol. The summed E-state index contributed by atoms with van der Waals surface area (Å²) in [5, 5.41) is 8.17. The Morgan fingerprint density at radius 3 is 2.69 bits per heavy atom. The van der Waals surface area contributed by atoms with Gasteiger partial charge in [-0.3, -0.25) is 0 Å². The van der Waals surface area contributed by atoms with E-state index in [2.05, 4.69) is 10.3 Å². The second kappa shape index (κ2) is 4.05. The van der Waals surface area contributed by atoms with Crippen LogP contribution in [0.3, 0.4) is 0 Å². The largest absolute Gasteiger partial charge is 0.381 e. The fourth-order valence-corrected chi connectivity index (χ4v) is 2.42. The van der Waals surface area contributed by atoms with Gasteiger partial charge in [-0.2, -0.15) is 0 Å². The fourth-order valence-electron chi connectivity index (χ4n) is 2.42. The van der Waals surface area contributed by atoms with Crippen molar-refractivity contribution in [1.82, 2.24) is 15.0 Å². The lowest BCUT2D eigenvalue weighted by molar-refractivity contribution is 0.0597. The molecular formula is C11H18N4O. The van der Waals surface area contributed by atoms with Gasteiger partial charge in [0.05, 0.1) is 5.69 Å². The van der Waals surface area contributed by atoms with Crippen LogP contribution in [0.15, 0.2) is 0 Å². The number of hydrogen-bond acceptors (Lipinski definition) is 4. The standard InChI is InChI=1S/C11H18N4O/c12-11-10(9-1-2-9)15(14-13-11)7-8-3-5-16-6-4-8/h8-9H,1-7,12H2. The van der Waals surface area contributed by atoms with Gasteiger partial charge in [-0.15, -0.1) is 5.10 Å². The van der Waals surface area contributed by atoms with Crippen molar-refractivity contribution in [2.75, 3.05) is 18.9 Å². The van der Waals surface area contributed by atoms with Crippen LogP contribution in [-0.2, 0) is 11.3 Å². The van der Waals surface area contributed by atoms with Crippen molar-refractivity contribution in [1.29, 1.82) is 0 Å². The van der Waals surface area contributed by atoms with Crippen molar-refractivity contribution < 1.29 is 4.74 Å². The van der Waals surface area contributed by atoms with E-state index in [0.717, 1.165) is 32.6 Å². The van der Waals surface area contributed by atoms with Gasteiger partial charge < -0.3 is 10.5 Å². The summed E-state index contributed by atoms with van der Waals surface area (Å²) >= 11 is 0. The molecule has 1 aliphatic carbocycles. The molecule has 2 heterocycles. The first-order valence-corrected chi connectivity index (χ1v) is 6.11. The summed E-state index contributed by atoms with van der Waals surface area (Å²) in [6, 6.07) is 0. The van der Waals surface area contributed by atoms with E-state index < -0.39 is 0 Å². The molecule has 16 heavy (non-hydrogen) atoms. The maximum Gasteiger partial charge on any atom is 0.169 e. The zero-order valence-corrected chi connectivity index (χ0v) is 9.43.